The Labute approximate surface area is 202 Å². The molecule has 0 N–H and O–H groups in total. The fraction of sp³-hybridized carbons (Fsp3) is 0.286. The summed E-state index contributed by atoms with van der Waals surface area (Å²) in [5.41, 5.74) is 0.978. The molecule has 1 amide bonds. The van der Waals surface area contributed by atoms with Gasteiger partial charge in [-0.2, -0.15) is 9.30 Å². The summed E-state index contributed by atoms with van der Waals surface area (Å²) in [5.74, 6) is -1.02. The number of methoxy groups -OCH3 is 1. The maximum atomic E-state index is 12.9. The third kappa shape index (κ3) is 5.09. The van der Waals surface area contributed by atoms with E-state index in [1.807, 2.05) is 18.2 Å². The van der Waals surface area contributed by atoms with Crippen LogP contribution >= 0.6 is 27.3 Å². The monoisotopic (exact) mass is 553 g/mol. The van der Waals surface area contributed by atoms with Gasteiger partial charge in [0.05, 0.1) is 35.4 Å². The van der Waals surface area contributed by atoms with Crippen LogP contribution in [0.15, 0.2) is 56.8 Å². The van der Waals surface area contributed by atoms with Crippen LogP contribution in [0, 0.1) is 0 Å². The predicted molar refractivity (Wildman–Crippen MR) is 125 cm³/mol. The van der Waals surface area contributed by atoms with E-state index in [1.54, 1.807) is 4.57 Å². The molecule has 3 aromatic rings. The van der Waals surface area contributed by atoms with Crippen molar-refractivity contribution in [1.82, 2.24) is 8.87 Å². The highest BCUT2D eigenvalue weighted by molar-refractivity contribution is 9.10. The lowest BCUT2D eigenvalue weighted by Gasteiger charge is -2.26. The maximum Gasteiger partial charge on any atom is 0.325 e. The van der Waals surface area contributed by atoms with Crippen molar-refractivity contribution in [1.29, 1.82) is 0 Å². The number of hydrogen-bond donors (Lipinski definition) is 0. The van der Waals surface area contributed by atoms with Crippen LogP contribution in [0.3, 0.4) is 0 Å². The van der Waals surface area contributed by atoms with E-state index >= 15 is 0 Å². The summed E-state index contributed by atoms with van der Waals surface area (Å²) in [7, 11) is -2.36. The summed E-state index contributed by atoms with van der Waals surface area (Å²) in [6.07, 6.45) is 0. The first-order chi connectivity index (χ1) is 15.8. The minimum Gasteiger partial charge on any atom is -0.468 e. The normalized spacial score (nSPS) is 15.6. The number of halogens is 1. The van der Waals surface area contributed by atoms with Crippen LogP contribution in [0.2, 0.25) is 0 Å². The quantitative estimate of drug-likeness (QED) is 0.449. The fourth-order valence-electron chi connectivity index (χ4n) is 3.34. The van der Waals surface area contributed by atoms with Gasteiger partial charge in [0.1, 0.15) is 6.54 Å². The number of nitrogens with zero attached hydrogens (tertiary/aromatic N) is 3. The van der Waals surface area contributed by atoms with Gasteiger partial charge in [0.2, 0.25) is 10.0 Å². The second-order valence-corrected chi connectivity index (χ2v) is 11.0. The number of benzene rings is 2. The van der Waals surface area contributed by atoms with E-state index < -0.39 is 21.9 Å². The van der Waals surface area contributed by atoms with E-state index in [0.29, 0.717) is 31.1 Å². The zero-order valence-electron chi connectivity index (χ0n) is 17.6. The predicted octanol–water partition coefficient (Wildman–Crippen LogP) is 2.40. The summed E-state index contributed by atoms with van der Waals surface area (Å²) < 4.78 is 40.2. The second-order valence-electron chi connectivity index (χ2n) is 7.12. The van der Waals surface area contributed by atoms with Crippen molar-refractivity contribution in [2.75, 3.05) is 33.4 Å². The Morgan fingerprint density at radius 1 is 1.15 bits per heavy atom. The Morgan fingerprint density at radius 2 is 1.85 bits per heavy atom. The molecule has 1 fully saturated rings. The van der Waals surface area contributed by atoms with E-state index in [-0.39, 0.29) is 17.0 Å². The number of esters is 1. The van der Waals surface area contributed by atoms with Gasteiger partial charge < -0.3 is 14.0 Å². The number of fused-ring (bicyclic) bond motifs is 1. The van der Waals surface area contributed by atoms with Crippen molar-refractivity contribution in [3.8, 4) is 0 Å². The summed E-state index contributed by atoms with van der Waals surface area (Å²) in [6.45, 7) is 1.19. The zero-order chi connectivity index (χ0) is 23.6. The molecule has 174 valence electrons. The largest absolute Gasteiger partial charge is 0.468 e. The number of carbonyl (C=O) groups is 2. The van der Waals surface area contributed by atoms with E-state index in [2.05, 4.69) is 20.9 Å². The van der Waals surface area contributed by atoms with Crippen LogP contribution in [0.1, 0.15) is 10.4 Å². The molecule has 1 aliphatic rings. The number of amides is 1. The van der Waals surface area contributed by atoms with Crippen LogP contribution in [-0.4, -0.2) is 62.6 Å². The summed E-state index contributed by atoms with van der Waals surface area (Å²) in [5, 5.41) is 0. The van der Waals surface area contributed by atoms with Crippen molar-refractivity contribution in [2.45, 2.75) is 11.4 Å². The molecule has 0 atom stereocenters. The Kier molecular flexibility index (Phi) is 7.10. The summed E-state index contributed by atoms with van der Waals surface area (Å²) >= 11 is 4.68. The summed E-state index contributed by atoms with van der Waals surface area (Å²) in [4.78, 5) is 29.4. The van der Waals surface area contributed by atoms with Crippen LogP contribution in [0.4, 0.5) is 0 Å². The molecule has 0 unspecified atom stereocenters. The van der Waals surface area contributed by atoms with Gasteiger partial charge >= 0.3 is 5.97 Å². The lowest BCUT2D eigenvalue weighted by atomic mass is 10.2. The van der Waals surface area contributed by atoms with Gasteiger partial charge in [0.25, 0.3) is 5.91 Å². The third-order valence-corrected chi connectivity index (χ3v) is 8.51. The zero-order valence-corrected chi connectivity index (χ0v) is 20.8. The highest BCUT2D eigenvalue weighted by Crippen LogP contribution is 2.23. The summed E-state index contributed by atoms with van der Waals surface area (Å²) in [6, 6.07) is 11.2. The van der Waals surface area contributed by atoms with E-state index in [9.17, 15) is 18.0 Å². The highest BCUT2D eigenvalue weighted by atomic mass is 79.9. The van der Waals surface area contributed by atoms with Gasteiger partial charge in [0, 0.05) is 23.1 Å². The Hall–Kier alpha value is -2.38. The van der Waals surface area contributed by atoms with Crippen LogP contribution < -0.4 is 4.80 Å². The number of sulfonamides is 1. The van der Waals surface area contributed by atoms with Gasteiger partial charge in [-0.25, -0.2) is 8.42 Å². The average Bonchev–Trinajstić information content (AvgIpc) is 3.15. The number of thiazole rings is 1. The molecule has 0 aliphatic carbocycles. The number of ether oxygens (including phenoxy) is 2. The molecule has 12 heteroatoms. The lowest BCUT2D eigenvalue weighted by molar-refractivity contribution is -0.141. The molecule has 0 spiro atoms. The van der Waals surface area contributed by atoms with Crippen molar-refractivity contribution in [2.24, 2.45) is 4.99 Å². The van der Waals surface area contributed by atoms with Crippen LogP contribution in [-0.2, 0) is 30.8 Å². The molecule has 2 heterocycles. The van der Waals surface area contributed by atoms with Crippen LogP contribution in [0.25, 0.3) is 10.2 Å². The topological polar surface area (TPSA) is 107 Å². The molecule has 1 aliphatic heterocycles. The molecule has 0 bridgehead atoms. The van der Waals surface area contributed by atoms with Gasteiger partial charge in [-0.15, -0.1) is 0 Å². The highest BCUT2D eigenvalue weighted by Gasteiger charge is 2.26. The minimum absolute atomic E-state index is 0.0963. The number of rotatable bonds is 5. The number of morpholine rings is 1. The van der Waals surface area contributed by atoms with Crippen molar-refractivity contribution in [3.63, 3.8) is 0 Å². The molecule has 4 rings (SSSR count). The Balaban J connectivity index is 1.66. The molecule has 9 nitrogen and oxygen atoms in total. The average molecular weight is 554 g/mol. The van der Waals surface area contributed by atoms with Gasteiger partial charge in [-0.1, -0.05) is 27.3 Å². The molecule has 2 aromatic carbocycles. The van der Waals surface area contributed by atoms with Crippen molar-refractivity contribution >= 4 is 59.4 Å². The van der Waals surface area contributed by atoms with Gasteiger partial charge in [0.15, 0.2) is 4.80 Å². The molecule has 33 heavy (non-hydrogen) atoms. The Morgan fingerprint density at radius 3 is 2.52 bits per heavy atom. The van der Waals surface area contributed by atoms with Gasteiger partial charge in [-0.05, 0) is 42.5 Å². The Bertz CT molecular complexity index is 1370. The van der Waals surface area contributed by atoms with E-state index in [1.165, 1.54) is 47.0 Å². The fourth-order valence-corrected chi connectivity index (χ4v) is 6.32. The SMILES string of the molecule is COC(=O)Cn1c(=NC(=O)c2ccc(S(=O)(=O)N3CCOCC3)cc2)sc2cc(Br)ccc21. The van der Waals surface area contributed by atoms with E-state index in [4.69, 9.17) is 9.47 Å². The smallest absolute Gasteiger partial charge is 0.325 e. The molecular weight excluding hydrogens is 534 g/mol. The maximum absolute atomic E-state index is 12.9. The molecule has 0 radical (unpaired) electrons. The van der Waals surface area contributed by atoms with Crippen LogP contribution in [0.5, 0.6) is 0 Å². The molecule has 0 saturated carbocycles. The molecule has 1 aromatic heterocycles. The minimum atomic E-state index is -3.65. The first-order valence-electron chi connectivity index (χ1n) is 9.92. The second kappa shape index (κ2) is 9.85. The standard InChI is InChI=1S/C21H20BrN3O6S2/c1-30-19(26)13-25-17-7-4-15(22)12-18(17)32-21(25)23-20(27)14-2-5-16(6-3-14)33(28,29)24-8-10-31-11-9-24/h2-7,12H,8-11,13H2,1H3. The first kappa shape index (κ1) is 23.8. The first-order valence-corrected chi connectivity index (χ1v) is 13.0. The lowest BCUT2D eigenvalue weighted by Crippen LogP contribution is -2.40. The molecule has 1 saturated heterocycles. The number of hydrogen-bond acceptors (Lipinski definition) is 7. The van der Waals surface area contributed by atoms with Gasteiger partial charge in [-0.3, -0.25) is 9.59 Å². The number of carbonyl (C=O) groups excluding carboxylic acids is 2. The molecular formula is C21H20BrN3O6S2. The van der Waals surface area contributed by atoms with Crippen molar-refractivity contribution in [3.05, 3.63) is 57.3 Å². The van der Waals surface area contributed by atoms with E-state index in [0.717, 1.165) is 14.7 Å². The van der Waals surface area contributed by atoms with Crippen molar-refractivity contribution < 1.29 is 27.5 Å². The number of aromatic nitrogens is 1. The third-order valence-electron chi connectivity index (χ3n) is 5.07.